The van der Waals surface area contributed by atoms with E-state index in [-0.39, 0.29) is 5.91 Å². The lowest BCUT2D eigenvalue weighted by Gasteiger charge is -2.20. The first-order valence-electron chi connectivity index (χ1n) is 8.53. The van der Waals surface area contributed by atoms with Crippen LogP contribution in [0.4, 0.5) is 0 Å². The summed E-state index contributed by atoms with van der Waals surface area (Å²) in [6.45, 7) is 2.50. The number of benzene rings is 1. The summed E-state index contributed by atoms with van der Waals surface area (Å²) in [6.07, 6.45) is 4.43. The van der Waals surface area contributed by atoms with Crippen LogP contribution in [-0.4, -0.2) is 33.3 Å². The van der Waals surface area contributed by atoms with Crippen molar-refractivity contribution in [2.75, 3.05) is 6.54 Å². The summed E-state index contributed by atoms with van der Waals surface area (Å²) in [5, 5.41) is 16.9. The molecule has 2 N–H and O–H groups in total. The molecule has 1 aromatic carbocycles. The highest BCUT2D eigenvalue weighted by atomic mass is 16.5. The van der Waals surface area contributed by atoms with Crippen LogP contribution in [0, 0.1) is 0 Å². The lowest BCUT2D eigenvalue weighted by atomic mass is 10.0. The van der Waals surface area contributed by atoms with Crippen LogP contribution in [0.2, 0.25) is 0 Å². The van der Waals surface area contributed by atoms with Gasteiger partial charge in [0.05, 0.1) is 0 Å². The van der Waals surface area contributed by atoms with Crippen LogP contribution >= 0.6 is 0 Å². The van der Waals surface area contributed by atoms with E-state index < -0.39 is 5.60 Å². The predicted molar refractivity (Wildman–Crippen MR) is 89.2 cm³/mol. The van der Waals surface area contributed by atoms with Gasteiger partial charge in [-0.05, 0) is 49.8 Å². The summed E-state index contributed by atoms with van der Waals surface area (Å²) < 4.78 is 5.22. The lowest BCUT2D eigenvalue weighted by molar-refractivity contribution is -0.139. The van der Waals surface area contributed by atoms with Gasteiger partial charge in [-0.1, -0.05) is 24.2 Å². The Kier molecular flexibility index (Phi) is 4.94. The molecule has 1 saturated carbocycles. The maximum atomic E-state index is 12.0. The summed E-state index contributed by atoms with van der Waals surface area (Å²) in [4.78, 5) is 16.3. The molecule has 6 heteroatoms. The molecule has 0 spiro atoms. The van der Waals surface area contributed by atoms with Crippen molar-refractivity contribution < 1.29 is 14.4 Å². The molecule has 128 valence electrons. The van der Waals surface area contributed by atoms with Gasteiger partial charge in [-0.3, -0.25) is 4.79 Å². The molecule has 0 unspecified atom stereocenters. The summed E-state index contributed by atoms with van der Waals surface area (Å²) in [5.74, 6) is 0.978. The van der Waals surface area contributed by atoms with Crippen molar-refractivity contribution in [2.24, 2.45) is 0 Å². The minimum atomic E-state index is -1.15. The molecule has 0 saturated heterocycles. The first-order chi connectivity index (χ1) is 11.6. The van der Waals surface area contributed by atoms with Crippen LogP contribution in [0.1, 0.15) is 44.0 Å². The van der Waals surface area contributed by atoms with Crippen LogP contribution in [-0.2, 0) is 17.6 Å². The van der Waals surface area contributed by atoms with Crippen molar-refractivity contribution in [1.29, 1.82) is 0 Å². The molecule has 0 radical (unpaired) electrons. The molecule has 3 rings (SSSR count). The topological polar surface area (TPSA) is 88.2 Å². The third-order valence-corrected chi connectivity index (χ3v) is 4.54. The van der Waals surface area contributed by atoms with E-state index in [0.717, 1.165) is 30.4 Å². The van der Waals surface area contributed by atoms with Gasteiger partial charge in [0.15, 0.2) is 5.82 Å². The smallest absolute Gasteiger partial charge is 0.257 e. The first-order valence-corrected chi connectivity index (χ1v) is 8.53. The zero-order chi connectivity index (χ0) is 17.0. The van der Waals surface area contributed by atoms with E-state index >= 15 is 0 Å². The number of nitrogens with one attached hydrogen (secondary N) is 1. The number of rotatable bonds is 6. The van der Waals surface area contributed by atoms with Crippen molar-refractivity contribution in [3.8, 4) is 11.5 Å². The third-order valence-electron chi connectivity index (χ3n) is 4.54. The van der Waals surface area contributed by atoms with Crippen molar-refractivity contribution in [1.82, 2.24) is 15.5 Å². The van der Waals surface area contributed by atoms with E-state index in [4.69, 9.17) is 4.52 Å². The number of hydrogen-bond donors (Lipinski definition) is 2. The second-order valence-electron chi connectivity index (χ2n) is 6.31. The van der Waals surface area contributed by atoms with E-state index in [9.17, 15) is 9.90 Å². The van der Waals surface area contributed by atoms with Gasteiger partial charge < -0.3 is 14.9 Å². The zero-order valence-corrected chi connectivity index (χ0v) is 13.9. The van der Waals surface area contributed by atoms with E-state index in [1.54, 1.807) is 0 Å². The average Bonchev–Trinajstić information content (AvgIpc) is 3.25. The van der Waals surface area contributed by atoms with Gasteiger partial charge in [-0.2, -0.15) is 4.98 Å². The van der Waals surface area contributed by atoms with E-state index in [1.807, 2.05) is 31.2 Å². The van der Waals surface area contributed by atoms with Crippen LogP contribution in [0.25, 0.3) is 11.5 Å². The Balaban J connectivity index is 1.52. The maximum absolute atomic E-state index is 12.0. The zero-order valence-electron chi connectivity index (χ0n) is 13.9. The summed E-state index contributed by atoms with van der Waals surface area (Å²) >= 11 is 0. The van der Waals surface area contributed by atoms with Gasteiger partial charge in [0, 0.05) is 18.5 Å². The monoisotopic (exact) mass is 329 g/mol. The van der Waals surface area contributed by atoms with Gasteiger partial charge in [0.1, 0.15) is 5.60 Å². The van der Waals surface area contributed by atoms with Crippen molar-refractivity contribution >= 4 is 5.91 Å². The quantitative estimate of drug-likeness (QED) is 0.849. The summed E-state index contributed by atoms with van der Waals surface area (Å²) in [6, 6.07) is 7.85. The Morgan fingerprint density at radius 1 is 1.29 bits per heavy atom. The van der Waals surface area contributed by atoms with Crippen molar-refractivity contribution in [2.45, 2.75) is 51.0 Å². The van der Waals surface area contributed by atoms with E-state index in [0.29, 0.717) is 37.5 Å². The predicted octanol–water partition coefficient (Wildman–Crippen LogP) is 2.26. The Bertz CT molecular complexity index is 688. The fourth-order valence-corrected chi connectivity index (χ4v) is 3.00. The second kappa shape index (κ2) is 7.13. The molecule has 1 aromatic heterocycles. The van der Waals surface area contributed by atoms with E-state index in [1.165, 1.54) is 0 Å². The summed E-state index contributed by atoms with van der Waals surface area (Å²) in [7, 11) is 0. The fourth-order valence-electron chi connectivity index (χ4n) is 3.00. The number of hydrogen-bond acceptors (Lipinski definition) is 5. The van der Waals surface area contributed by atoms with Crippen molar-refractivity contribution in [3.05, 3.63) is 35.7 Å². The van der Waals surface area contributed by atoms with Gasteiger partial charge >= 0.3 is 0 Å². The molecular weight excluding hydrogens is 306 g/mol. The standard InChI is InChI=1S/C18H23N3O3/c1-2-15-20-16(24-21-15)14-7-5-13(6-8-14)9-12-19-17(22)18(23)10-3-4-11-18/h5-8,23H,2-4,9-12H2,1H3,(H,19,22). The Labute approximate surface area is 141 Å². The third kappa shape index (κ3) is 3.64. The highest BCUT2D eigenvalue weighted by Crippen LogP contribution is 2.29. The van der Waals surface area contributed by atoms with Gasteiger partial charge in [-0.15, -0.1) is 0 Å². The first kappa shape index (κ1) is 16.6. The van der Waals surface area contributed by atoms with Crippen LogP contribution in [0.3, 0.4) is 0 Å². The molecule has 1 aliphatic carbocycles. The molecule has 1 heterocycles. The number of carbonyl (C=O) groups excluding carboxylic acids is 1. The normalized spacial score (nSPS) is 16.2. The highest BCUT2D eigenvalue weighted by Gasteiger charge is 2.38. The molecule has 0 aliphatic heterocycles. The number of nitrogens with zero attached hydrogens (tertiary/aromatic N) is 2. The number of carbonyl (C=O) groups is 1. The maximum Gasteiger partial charge on any atom is 0.257 e. The van der Waals surface area contributed by atoms with Gasteiger partial charge in [-0.25, -0.2) is 0 Å². The molecule has 2 aromatic rings. The molecule has 0 atom stereocenters. The number of aryl methyl sites for hydroxylation is 1. The molecule has 0 bridgehead atoms. The molecule has 24 heavy (non-hydrogen) atoms. The molecular formula is C18H23N3O3. The second-order valence-corrected chi connectivity index (χ2v) is 6.31. The Morgan fingerprint density at radius 2 is 2.00 bits per heavy atom. The summed E-state index contributed by atoms with van der Waals surface area (Å²) in [5.41, 5.74) is 0.835. The average molecular weight is 329 g/mol. The molecule has 1 amide bonds. The van der Waals surface area contributed by atoms with Crippen LogP contribution in [0.15, 0.2) is 28.8 Å². The van der Waals surface area contributed by atoms with Gasteiger partial charge in [0.25, 0.3) is 11.8 Å². The molecule has 1 fully saturated rings. The fraction of sp³-hybridized carbons (Fsp3) is 0.500. The number of aliphatic hydroxyl groups is 1. The van der Waals surface area contributed by atoms with E-state index in [2.05, 4.69) is 15.5 Å². The van der Waals surface area contributed by atoms with Crippen LogP contribution in [0.5, 0.6) is 0 Å². The van der Waals surface area contributed by atoms with Gasteiger partial charge in [0.2, 0.25) is 0 Å². The number of amides is 1. The number of aromatic nitrogens is 2. The lowest BCUT2D eigenvalue weighted by Crippen LogP contribution is -2.45. The van der Waals surface area contributed by atoms with Crippen LogP contribution < -0.4 is 5.32 Å². The molecule has 6 nitrogen and oxygen atoms in total. The SMILES string of the molecule is CCc1noc(-c2ccc(CCNC(=O)C3(O)CCCC3)cc2)n1. The molecule has 1 aliphatic rings. The van der Waals surface area contributed by atoms with Crippen molar-refractivity contribution in [3.63, 3.8) is 0 Å². The Hall–Kier alpha value is -2.21. The highest BCUT2D eigenvalue weighted by molar-refractivity contribution is 5.85. The minimum Gasteiger partial charge on any atom is -0.380 e. The minimum absolute atomic E-state index is 0.241. The largest absolute Gasteiger partial charge is 0.380 e. The Morgan fingerprint density at radius 3 is 2.62 bits per heavy atom.